The molecule has 4 saturated heterocycles. The number of nitrogens with zero attached hydrogens (tertiary/aromatic N) is 3. The van der Waals surface area contributed by atoms with Crippen LogP contribution in [0.3, 0.4) is 0 Å². The van der Waals surface area contributed by atoms with Crippen LogP contribution in [0.2, 0.25) is 0 Å². The van der Waals surface area contributed by atoms with Gasteiger partial charge in [0.25, 0.3) is 5.91 Å². The molecule has 1 amide bonds. The molecule has 27 heavy (non-hydrogen) atoms. The molecule has 0 radical (unpaired) electrons. The second-order valence-corrected chi connectivity index (χ2v) is 8.57. The van der Waals surface area contributed by atoms with Crippen LogP contribution in [0.15, 0.2) is 29.6 Å². The number of thiazole rings is 1. The fraction of sp³-hybridized carbons (Fsp3) is 0.500. The number of para-hydroxylation sites is 1. The van der Waals surface area contributed by atoms with Gasteiger partial charge in [-0.3, -0.25) is 9.69 Å². The van der Waals surface area contributed by atoms with E-state index in [1.807, 2.05) is 6.07 Å². The number of ether oxygens (including phenoxy) is 1. The third kappa shape index (κ3) is 2.63. The summed E-state index contributed by atoms with van der Waals surface area (Å²) in [6.45, 7) is 3.25. The van der Waals surface area contributed by atoms with Gasteiger partial charge in [-0.2, -0.15) is 0 Å². The first-order valence-corrected chi connectivity index (χ1v) is 10.4. The number of methoxy groups -OCH3 is 1. The number of aromatic nitrogens is 1. The van der Waals surface area contributed by atoms with Crippen molar-refractivity contribution in [3.63, 3.8) is 0 Å². The van der Waals surface area contributed by atoms with Crippen LogP contribution in [0.25, 0.3) is 0 Å². The van der Waals surface area contributed by atoms with Gasteiger partial charge in [0.2, 0.25) is 0 Å². The van der Waals surface area contributed by atoms with Crippen molar-refractivity contribution >= 4 is 22.4 Å². The zero-order valence-electron chi connectivity index (χ0n) is 15.4. The van der Waals surface area contributed by atoms with Crippen LogP contribution < -0.4 is 15.4 Å². The first-order valence-electron chi connectivity index (χ1n) is 9.56. The molecule has 4 aliphatic rings. The van der Waals surface area contributed by atoms with Crippen molar-refractivity contribution in [2.24, 2.45) is 11.7 Å². The number of piperidine rings is 3. The molecule has 6 nitrogen and oxygen atoms in total. The molecule has 0 aliphatic carbocycles. The average Bonchev–Trinajstić information content (AvgIpc) is 3.35. The van der Waals surface area contributed by atoms with Crippen molar-refractivity contribution < 1.29 is 9.53 Å². The Morgan fingerprint density at radius 3 is 2.74 bits per heavy atom. The molecule has 3 atom stereocenters. The summed E-state index contributed by atoms with van der Waals surface area (Å²) in [4.78, 5) is 21.2. The van der Waals surface area contributed by atoms with Gasteiger partial charge >= 0.3 is 0 Å². The Kier molecular flexibility index (Phi) is 4.09. The number of benzene rings is 1. The van der Waals surface area contributed by atoms with Gasteiger partial charge in [0, 0.05) is 29.4 Å². The second-order valence-electron chi connectivity index (χ2n) is 7.73. The zero-order valence-corrected chi connectivity index (χ0v) is 16.2. The van der Waals surface area contributed by atoms with Gasteiger partial charge in [-0.1, -0.05) is 18.2 Å². The number of carbonyl (C=O) groups is 1. The molecule has 1 aromatic heterocycles. The summed E-state index contributed by atoms with van der Waals surface area (Å²) in [6, 6.07) is 9.28. The van der Waals surface area contributed by atoms with Crippen molar-refractivity contribution in [3.8, 4) is 5.75 Å². The van der Waals surface area contributed by atoms with E-state index in [1.165, 1.54) is 42.8 Å². The number of amides is 1. The Hall–Kier alpha value is -2.12. The highest BCUT2D eigenvalue weighted by molar-refractivity contribution is 7.14. The van der Waals surface area contributed by atoms with Crippen molar-refractivity contribution in [1.82, 2.24) is 9.88 Å². The number of nitrogens with two attached hydrogens (primary N) is 1. The van der Waals surface area contributed by atoms with Crippen LogP contribution in [-0.2, 0) is 0 Å². The summed E-state index contributed by atoms with van der Waals surface area (Å²) in [7, 11) is 1.75. The number of primary amides is 1. The summed E-state index contributed by atoms with van der Waals surface area (Å²) >= 11 is 1.53. The van der Waals surface area contributed by atoms with Crippen LogP contribution in [0.5, 0.6) is 5.75 Å². The number of carbonyl (C=O) groups excluding carboxylic acids is 1. The predicted octanol–water partition coefficient (Wildman–Crippen LogP) is 2.32. The molecule has 4 aliphatic heterocycles. The molecule has 7 heteroatoms. The summed E-state index contributed by atoms with van der Waals surface area (Å²) in [5.74, 6) is 1.56. The maximum absolute atomic E-state index is 11.5. The molecule has 1 aromatic carbocycles. The smallest absolute Gasteiger partial charge is 0.268 e. The van der Waals surface area contributed by atoms with Crippen molar-refractivity contribution in [2.45, 2.75) is 30.8 Å². The lowest BCUT2D eigenvalue weighted by Crippen LogP contribution is -2.60. The lowest BCUT2D eigenvalue weighted by atomic mass is 9.75. The Balaban J connectivity index is 1.56. The molecule has 4 fully saturated rings. The Morgan fingerprint density at radius 1 is 1.26 bits per heavy atom. The minimum absolute atomic E-state index is 0.369. The van der Waals surface area contributed by atoms with E-state index >= 15 is 0 Å². The molecule has 0 saturated carbocycles. The predicted molar refractivity (Wildman–Crippen MR) is 106 cm³/mol. The number of anilines is 1. The third-order valence-electron chi connectivity index (χ3n) is 6.52. The van der Waals surface area contributed by atoms with Crippen LogP contribution in [-0.4, -0.2) is 54.6 Å². The largest absolute Gasteiger partial charge is 0.496 e. The molecule has 142 valence electrons. The van der Waals surface area contributed by atoms with E-state index in [-0.39, 0.29) is 0 Å². The van der Waals surface area contributed by atoms with E-state index in [2.05, 4.69) is 33.0 Å². The van der Waals surface area contributed by atoms with Gasteiger partial charge in [0.1, 0.15) is 11.4 Å². The quantitative estimate of drug-likeness (QED) is 0.876. The summed E-state index contributed by atoms with van der Waals surface area (Å²) in [5.41, 5.74) is 7.08. The standard InChI is InChI=1S/C20H24N4O2S/c1-26-16-5-3-2-4-13(16)14-10-24(20-22-15(11-27-20)19(21)25)17-12-6-8-23(9-7-12)18(14)17/h2-5,11-12,14,17-18H,6-10H2,1H3,(H2,21,25)/t14-,17+,18+/m0/s1. The van der Waals surface area contributed by atoms with E-state index in [4.69, 9.17) is 10.5 Å². The van der Waals surface area contributed by atoms with Crippen LogP contribution in [0.4, 0.5) is 5.13 Å². The van der Waals surface area contributed by atoms with Crippen molar-refractivity contribution in [1.29, 1.82) is 0 Å². The summed E-state index contributed by atoms with van der Waals surface area (Å²) in [6.07, 6.45) is 2.48. The molecular formula is C20H24N4O2S. The van der Waals surface area contributed by atoms with Gasteiger partial charge in [-0.25, -0.2) is 4.98 Å². The second kappa shape index (κ2) is 6.49. The van der Waals surface area contributed by atoms with E-state index in [0.29, 0.717) is 29.6 Å². The van der Waals surface area contributed by atoms with Crippen molar-refractivity contribution in [2.75, 3.05) is 31.6 Å². The minimum Gasteiger partial charge on any atom is -0.496 e. The molecule has 6 rings (SSSR count). The maximum atomic E-state index is 11.5. The SMILES string of the molecule is COc1ccccc1[C@@H]1CN(c2nc(C(N)=O)cs2)[C@@H]2C3CCN(CC3)[C@@H]21. The molecule has 2 bridgehead atoms. The highest BCUT2D eigenvalue weighted by atomic mass is 32.1. The molecule has 0 spiro atoms. The van der Waals surface area contributed by atoms with E-state index in [9.17, 15) is 4.79 Å². The van der Waals surface area contributed by atoms with E-state index in [0.717, 1.165) is 17.4 Å². The fourth-order valence-corrected chi connectivity index (χ4v) is 6.27. The van der Waals surface area contributed by atoms with Crippen LogP contribution in [0.1, 0.15) is 34.8 Å². The maximum Gasteiger partial charge on any atom is 0.268 e. The monoisotopic (exact) mass is 384 g/mol. The Labute approximate surface area is 162 Å². The number of fused-ring (bicyclic) bond motifs is 2. The number of hydrogen-bond donors (Lipinski definition) is 1. The van der Waals surface area contributed by atoms with Gasteiger partial charge in [-0.15, -0.1) is 11.3 Å². The van der Waals surface area contributed by atoms with Gasteiger partial charge in [-0.05, 0) is 37.9 Å². The highest BCUT2D eigenvalue weighted by Crippen LogP contribution is 2.49. The lowest BCUT2D eigenvalue weighted by Gasteiger charge is -2.51. The number of hydrogen-bond acceptors (Lipinski definition) is 6. The molecule has 5 heterocycles. The van der Waals surface area contributed by atoms with Gasteiger partial charge in [0.15, 0.2) is 5.13 Å². The van der Waals surface area contributed by atoms with Gasteiger partial charge in [0.05, 0.1) is 13.2 Å². The Morgan fingerprint density at radius 2 is 2.04 bits per heavy atom. The summed E-state index contributed by atoms with van der Waals surface area (Å²) in [5, 5.41) is 2.70. The molecule has 0 unspecified atom stereocenters. The first-order chi connectivity index (χ1) is 13.2. The van der Waals surface area contributed by atoms with E-state index < -0.39 is 5.91 Å². The fourth-order valence-electron chi connectivity index (χ4n) is 5.40. The lowest BCUT2D eigenvalue weighted by molar-refractivity contribution is 0.0353. The van der Waals surface area contributed by atoms with Crippen LogP contribution in [0, 0.1) is 5.92 Å². The van der Waals surface area contributed by atoms with Gasteiger partial charge < -0.3 is 15.4 Å². The van der Waals surface area contributed by atoms with Crippen LogP contribution >= 0.6 is 11.3 Å². The topological polar surface area (TPSA) is 71.7 Å². The normalized spacial score (nSPS) is 31.7. The summed E-state index contributed by atoms with van der Waals surface area (Å²) < 4.78 is 5.68. The molecule has 2 aromatic rings. The highest BCUT2D eigenvalue weighted by Gasteiger charge is 2.54. The molecule has 2 N–H and O–H groups in total. The van der Waals surface area contributed by atoms with Crippen molar-refractivity contribution in [3.05, 3.63) is 40.9 Å². The minimum atomic E-state index is -0.455. The number of rotatable bonds is 4. The average molecular weight is 385 g/mol. The zero-order chi connectivity index (χ0) is 18.5. The molecular weight excluding hydrogens is 360 g/mol. The van der Waals surface area contributed by atoms with E-state index in [1.54, 1.807) is 12.5 Å². The third-order valence-corrected chi connectivity index (χ3v) is 7.40. The Bertz CT molecular complexity index is 861. The first kappa shape index (κ1) is 17.0.